The predicted molar refractivity (Wildman–Crippen MR) is 55.2 cm³/mol. The van der Waals surface area contributed by atoms with E-state index in [0.717, 1.165) is 12.8 Å². The van der Waals surface area contributed by atoms with Crippen LogP contribution in [0.2, 0.25) is 0 Å². The highest BCUT2D eigenvalue weighted by Gasteiger charge is 2.50. The Morgan fingerprint density at radius 3 is 2.53 bits per heavy atom. The van der Waals surface area contributed by atoms with Crippen LogP contribution in [0.25, 0.3) is 0 Å². The highest BCUT2D eigenvalue weighted by atomic mass is 16.2. The fraction of sp³-hybridized carbons (Fsp3) is 0.700. The Hall–Kier alpha value is -1.23. The Balaban J connectivity index is 2.24. The van der Waals surface area contributed by atoms with Crippen molar-refractivity contribution in [1.82, 2.24) is 5.32 Å². The van der Waals surface area contributed by atoms with Crippen LogP contribution in [0.5, 0.6) is 0 Å². The second-order valence-electron chi connectivity index (χ2n) is 4.15. The van der Waals surface area contributed by atoms with Crippen molar-refractivity contribution < 1.29 is 9.59 Å². The van der Waals surface area contributed by atoms with E-state index in [4.69, 9.17) is 5.73 Å². The maximum atomic E-state index is 11.9. The summed E-state index contributed by atoms with van der Waals surface area (Å²) in [6.45, 7) is 0.388. The zero-order valence-electron chi connectivity index (χ0n) is 8.58. The molecule has 2 amide bonds. The SMILES string of the molecule is NCCC1=NC(=O)C2(CCCC2)C(=O)N1. The summed E-state index contributed by atoms with van der Waals surface area (Å²) in [4.78, 5) is 27.6. The third-order valence-corrected chi connectivity index (χ3v) is 3.18. The molecule has 1 spiro atoms. The number of nitrogens with zero attached hydrogens (tertiary/aromatic N) is 1. The molecular formula is C10H15N3O2. The van der Waals surface area contributed by atoms with Crippen molar-refractivity contribution in [3.05, 3.63) is 0 Å². The number of amides is 2. The first-order valence-electron chi connectivity index (χ1n) is 5.32. The Morgan fingerprint density at radius 2 is 2.00 bits per heavy atom. The van der Waals surface area contributed by atoms with E-state index in [-0.39, 0.29) is 11.8 Å². The minimum atomic E-state index is -0.849. The van der Waals surface area contributed by atoms with E-state index < -0.39 is 5.41 Å². The Kier molecular flexibility index (Phi) is 2.56. The van der Waals surface area contributed by atoms with Gasteiger partial charge in [0.2, 0.25) is 5.91 Å². The highest BCUT2D eigenvalue weighted by Crippen LogP contribution is 2.40. The Morgan fingerprint density at radius 1 is 1.33 bits per heavy atom. The lowest BCUT2D eigenvalue weighted by Crippen LogP contribution is -2.51. The van der Waals surface area contributed by atoms with Crippen LogP contribution in [0.3, 0.4) is 0 Å². The van der Waals surface area contributed by atoms with Gasteiger partial charge in [0, 0.05) is 6.42 Å². The molecule has 1 heterocycles. The van der Waals surface area contributed by atoms with Gasteiger partial charge in [0.25, 0.3) is 5.91 Å². The second-order valence-corrected chi connectivity index (χ2v) is 4.15. The van der Waals surface area contributed by atoms with Gasteiger partial charge in [-0.1, -0.05) is 12.8 Å². The molecule has 0 aromatic carbocycles. The molecule has 2 aliphatic rings. The first kappa shape index (κ1) is 10.3. The van der Waals surface area contributed by atoms with E-state index >= 15 is 0 Å². The smallest absolute Gasteiger partial charge is 0.263 e. The molecule has 1 fully saturated rings. The van der Waals surface area contributed by atoms with Crippen LogP contribution in [-0.2, 0) is 9.59 Å². The lowest BCUT2D eigenvalue weighted by molar-refractivity contribution is -0.141. The van der Waals surface area contributed by atoms with Crippen LogP contribution in [0.4, 0.5) is 0 Å². The van der Waals surface area contributed by atoms with Gasteiger partial charge in [0.1, 0.15) is 11.3 Å². The largest absolute Gasteiger partial charge is 0.330 e. The van der Waals surface area contributed by atoms with Crippen LogP contribution in [0, 0.1) is 5.41 Å². The van der Waals surface area contributed by atoms with Gasteiger partial charge in [-0.05, 0) is 19.4 Å². The van der Waals surface area contributed by atoms with Crippen LogP contribution >= 0.6 is 0 Å². The fourth-order valence-corrected chi connectivity index (χ4v) is 2.28. The van der Waals surface area contributed by atoms with Gasteiger partial charge in [-0.2, -0.15) is 4.99 Å². The average Bonchev–Trinajstić information content (AvgIpc) is 2.65. The van der Waals surface area contributed by atoms with Crippen LogP contribution in [0.1, 0.15) is 32.1 Å². The zero-order valence-corrected chi connectivity index (χ0v) is 8.58. The number of carbonyl (C=O) groups excluding carboxylic acids is 2. The van der Waals surface area contributed by atoms with Gasteiger partial charge in [0.05, 0.1) is 0 Å². The molecular weight excluding hydrogens is 194 g/mol. The van der Waals surface area contributed by atoms with Gasteiger partial charge >= 0.3 is 0 Å². The highest BCUT2D eigenvalue weighted by molar-refractivity contribution is 6.18. The number of hydrogen-bond acceptors (Lipinski definition) is 3. The molecule has 0 aromatic rings. The van der Waals surface area contributed by atoms with E-state index in [1.165, 1.54) is 0 Å². The van der Waals surface area contributed by atoms with E-state index in [2.05, 4.69) is 10.3 Å². The van der Waals surface area contributed by atoms with Crippen molar-refractivity contribution in [2.45, 2.75) is 32.1 Å². The van der Waals surface area contributed by atoms with Gasteiger partial charge in [-0.3, -0.25) is 9.59 Å². The molecule has 5 nitrogen and oxygen atoms in total. The minimum Gasteiger partial charge on any atom is -0.330 e. The molecule has 0 saturated heterocycles. The van der Waals surface area contributed by atoms with Crippen LogP contribution < -0.4 is 11.1 Å². The summed E-state index contributed by atoms with van der Waals surface area (Å²) < 4.78 is 0. The third-order valence-electron chi connectivity index (χ3n) is 3.18. The Labute approximate surface area is 88.1 Å². The summed E-state index contributed by atoms with van der Waals surface area (Å²) in [5.41, 5.74) is 4.50. The lowest BCUT2D eigenvalue weighted by Gasteiger charge is -2.28. The van der Waals surface area contributed by atoms with E-state index in [0.29, 0.717) is 31.6 Å². The number of nitrogens with two attached hydrogens (primary N) is 1. The fourth-order valence-electron chi connectivity index (χ4n) is 2.28. The molecule has 5 heteroatoms. The molecule has 3 N–H and O–H groups in total. The summed E-state index contributed by atoms with van der Waals surface area (Å²) in [5.74, 6) is -0.0272. The minimum absolute atomic E-state index is 0.177. The second kappa shape index (κ2) is 3.73. The molecule has 1 aliphatic carbocycles. The first-order chi connectivity index (χ1) is 7.19. The summed E-state index contributed by atoms with van der Waals surface area (Å²) in [5, 5.41) is 2.69. The molecule has 0 unspecified atom stereocenters. The van der Waals surface area contributed by atoms with Crippen molar-refractivity contribution in [3.8, 4) is 0 Å². The molecule has 0 bridgehead atoms. The van der Waals surface area contributed by atoms with Crippen molar-refractivity contribution in [2.75, 3.05) is 6.54 Å². The van der Waals surface area contributed by atoms with Crippen molar-refractivity contribution in [3.63, 3.8) is 0 Å². The molecule has 0 radical (unpaired) electrons. The number of carbonyl (C=O) groups is 2. The van der Waals surface area contributed by atoms with Crippen molar-refractivity contribution in [1.29, 1.82) is 0 Å². The quantitative estimate of drug-likeness (QED) is 0.625. The zero-order chi connectivity index (χ0) is 10.9. The van der Waals surface area contributed by atoms with Crippen molar-refractivity contribution >= 4 is 17.6 Å². The average molecular weight is 209 g/mol. The number of rotatable bonds is 2. The number of nitrogens with one attached hydrogen (secondary N) is 1. The predicted octanol–water partition coefficient (Wildman–Crippen LogP) is -0.0495. The molecule has 82 valence electrons. The van der Waals surface area contributed by atoms with Crippen LogP contribution in [-0.4, -0.2) is 24.2 Å². The van der Waals surface area contributed by atoms with Gasteiger partial charge < -0.3 is 11.1 Å². The molecule has 1 saturated carbocycles. The Bertz CT molecular complexity index is 330. The van der Waals surface area contributed by atoms with E-state index in [1.807, 2.05) is 0 Å². The molecule has 1 aliphatic heterocycles. The van der Waals surface area contributed by atoms with Crippen LogP contribution in [0.15, 0.2) is 4.99 Å². The van der Waals surface area contributed by atoms with Gasteiger partial charge in [-0.15, -0.1) is 0 Å². The number of amidine groups is 1. The summed E-state index contributed by atoms with van der Waals surface area (Å²) in [6.07, 6.45) is 3.59. The number of aliphatic imine (C=N–C) groups is 1. The maximum absolute atomic E-state index is 11.9. The van der Waals surface area contributed by atoms with Crippen molar-refractivity contribution in [2.24, 2.45) is 16.1 Å². The normalized spacial score (nSPS) is 24.2. The molecule has 2 rings (SSSR count). The van der Waals surface area contributed by atoms with Gasteiger partial charge in [-0.25, -0.2) is 0 Å². The van der Waals surface area contributed by atoms with E-state index in [1.54, 1.807) is 0 Å². The molecule has 15 heavy (non-hydrogen) atoms. The maximum Gasteiger partial charge on any atom is 0.263 e. The van der Waals surface area contributed by atoms with E-state index in [9.17, 15) is 9.59 Å². The third kappa shape index (κ3) is 1.56. The lowest BCUT2D eigenvalue weighted by atomic mass is 9.83. The standard InChI is InChI=1S/C10H15N3O2/c11-6-3-7-12-8(14)10(9(15)13-7)4-1-2-5-10/h1-6,11H2,(H,12,13,14,15). The van der Waals surface area contributed by atoms with Gasteiger partial charge in [0.15, 0.2) is 0 Å². The summed E-state index contributed by atoms with van der Waals surface area (Å²) >= 11 is 0. The first-order valence-corrected chi connectivity index (χ1v) is 5.32. The molecule has 0 aromatic heterocycles. The summed E-state index contributed by atoms with van der Waals surface area (Å²) in [7, 11) is 0. The molecule has 0 atom stereocenters. The monoisotopic (exact) mass is 209 g/mol. The number of hydrogen-bond donors (Lipinski definition) is 2. The summed E-state index contributed by atoms with van der Waals surface area (Å²) in [6, 6.07) is 0. The topological polar surface area (TPSA) is 84.5 Å².